The van der Waals surface area contributed by atoms with Crippen LogP contribution in [0.1, 0.15) is 30.3 Å². The minimum Gasteiger partial charge on any atom is -0.497 e. The van der Waals surface area contributed by atoms with Gasteiger partial charge in [0.15, 0.2) is 4.80 Å². The first-order valence-corrected chi connectivity index (χ1v) is 11.1. The zero-order chi connectivity index (χ0) is 21.3. The van der Waals surface area contributed by atoms with Gasteiger partial charge in [-0.15, -0.1) is 11.3 Å². The van der Waals surface area contributed by atoms with Crippen molar-refractivity contribution in [3.63, 3.8) is 0 Å². The second-order valence-electron chi connectivity index (χ2n) is 6.59. The number of esters is 1. The first-order chi connectivity index (χ1) is 14.5. The summed E-state index contributed by atoms with van der Waals surface area (Å²) in [5, 5.41) is 1.96. The molecule has 8 heteroatoms. The van der Waals surface area contributed by atoms with Crippen LogP contribution in [0.4, 0.5) is 0 Å². The SMILES string of the molecule is CCOC(=O)C1=C(C)N=c2sc(=Cc3cccs3)c(=O)n2C1c1cccc(OC)c1. The number of carbonyl (C=O) groups is 1. The molecule has 0 N–H and O–H groups in total. The van der Waals surface area contributed by atoms with E-state index in [9.17, 15) is 9.59 Å². The molecule has 1 aromatic carbocycles. The van der Waals surface area contributed by atoms with E-state index >= 15 is 0 Å². The first-order valence-electron chi connectivity index (χ1n) is 9.40. The summed E-state index contributed by atoms with van der Waals surface area (Å²) in [6, 6.07) is 10.6. The highest BCUT2D eigenvalue weighted by atomic mass is 32.1. The van der Waals surface area contributed by atoms with Crippen LogP contribution in [0.5, 0.6) is 5.75 Å². The lowest BCUT2D eigenvalue weighted by Gasteiger charge is -2.24. The van der Waals surface area contributed by atoms with Crippen molar-refractivity contribution in [2.45, 2.75) is 19.9 Å². The highest BCUT2D eigenvalue weighted by Crippen LogP contribution is 2.32. The van der Waals surface area contributed by atoms with Crippen LogP contribution in [0.15, 0.2) is 62.8 Å². The number of ether oxygens (including phenoxy) is 2. The molecule has 1 unspecified atom stereocenters. The van der Waals surface area contributed by atoms with Crippen molar-refractivity contribution in [2.24, 2.45) is 4.99 Å². The Bertz CT molecular complexity index is 1300. The maximum absolute atomic E-state index is 13.4. The normalized spacial score (nSPS) is 16.2. The van der Waals surface area contributed by atoms with Gasteiger partial charge >= 0.3 is 5.97 Å². The summed E-state index contributed by atoms with van der Waals surface area (Å²) in [5.74, 6) is 0.171. The summed E-state index contributed by atoms with van der Waals surface area (Å²) in [6.07, 6.45) is 1.86. The third kappa shape index (κ3) is 3.64. The third-order valence-corrected chi connectivity index (χ3v) is 6.55. The molecule has 1 aliphatic rings. The number of hydrogen-bond donors (Lipinski definition) is 0. The lowest BCUT2D eigenvalue weighted by atomic mass is 9.95. The molecule has 154 valence electrons. The van der Waals surface area contributed by atoms with E-state index in [2.05, 4.69) is 4.99 Å². The molecule has 0 saturated carbocycles. The van der Waals surface area contributed by atoms with Crippen LogP contribution >= 0.6 is 22.7 Å². The second kappa shape index (κ2) is 8.41. The maximum atomic E-state index is 13.4. The Balaban J connectivity index is 1.98. The zero-order valence-electron chi connectivity index (χ0n) is 16.7. The van der Waals surface area contributed by atoms with Crippen LogP contribution in [-0.4, -0.2) is 24.3 Å². The molecule has 0 radical (unpaired) electrons. The molecule has 3 aromatic rings. The van der Waals surface area contributed by atoms with Crippen LogP contribution in [-0.2, 0) is 9.53 Å². The van der Waals surface area contributed by atoms with Gasteiger partial charge in [-0.05, 0) is 49.1 Å². The summed E-state index contributed by atoms with van der Waals surface area (Å²) in [5.41, 5.74) is 1.48. The summed E-state index contributed by atoms with van der Waals surface area (Å²) in [7, 11) is 1.58. The van der Waals surface area contributed by atoms with E-state index in [4.69, 9.17) is 9.47 Å². The fraction of sp³-hybridized carbons (Fsp3) is 0.227. The van der Waals surface area contributed by atoms with Gasteiger partial charge in [-0.2, -0.15) is 0 Å². The molecule has 3 heterocycles. The van der Waals surface area contributed by atoms with Gasteiger partial charge in [0.05, 0.1) is 35.6 Å². The Labute approximate surface area is 181 Å². The monoisotopic (exact) mass is 440 g/mol. The number of carbonyl (C=O) groups excluding carboxylic acids is 1. The minimum atomic E-state index is -0.638. The minimum absolute atomic E-state index is 0.186. The molecule has 0 saturated heterocycles. The smallest absolute Gasteiger partial charge is 0.338 e. The van der Waals surface area contributed by atoms with Gasteiger partial charge in [0, 0.05) is 4.88 Å². The average Bonchev–Trinajstić information content (AvgIpc) is 3.35. The molecule has 30 heavy (non-hydrogen) atoms. The zero-order valence-corrected chi connectivity index (χ0v) is 18.4. The topological polar surface area (TPSA) is 69.9 Å². The molecule has 0 spiro atoms. The Morgan fingerprint density at radius 2 is 2.13 bits per heavy atom. The molecular weight excluding hydrogens is 420 g/mol. The number of nitrogens with zero attached hydrogens (tertiary/aromatic N) is 2. The van der Waals surface area contributed by atoms with Gasteiger partial charge in [0.25, 0.3) is 5.56 Å². The Morgan fingerprint density at radius 3 is 2.83 bits per heavy atom. The van der Waals surface area contributed by atoms with E-state index in [-0.39, 0.29) is 12.2 Å². The van der Waals surface area contributed by atoms with Crippen molar-refractivity contribution in [1.82, 2.24) is 4.57 Å². The molecule has 0 fully saturated rings. The summed E-state index contributed by atoms with van der Waals surface area (Å²) in [6.45, 7) is 3.77. The molecular formula is C22H20N2O4S2. The van der Waals surface area contributed by atoms with Gasteiger partial charge in [-0.3, -0.25) is 9.36 Å². The van der Waals surface area contributed by atoms with Crippen LogP contribution in [0.2, 0.25) is 0 Å². The molecule has 0 bridgehead atoms. The Morgan fingerprint density at radius 1 is 1.30 bits per heavy atom. The lowest BCUT2D eigenvalue weighted by Crippen LogP contribution is -2.39. The van der Waals surface area contributed by atoms with Crippen molar-refractivity contribution in [1.29, 1.82) is 0 Å². The second-order valence-corrected chi connectivity index (χ2v) is 8.58. The molecule has 0 amide bonds. The van der Waals surface area contributed by atoms with E-state index in [0.717, 1.165) is 10.4 Å². The van der Waals surface area contributed by atoms with Gasteiger partial charge < -0.3 is 9.47 Å². The first kappa shape index (κ1) is 20.3. The number of fused-ring (bicyclic) bond motifs is 1. The fourth-order valence-corrected chi connectivity index (χ4v) is 5.19. The van der Waals surface area contributed by atoms with Crippen LogP contribution in [0, 0.1) is 0 Å². The number of thiazole rings is 1. The van der Waals surface area contributed by atoms with Crippen LogP contribution in [0.25, 0.3) is 6.08 Å². The molecule has 0 aliphatic carbocycles. The maximum Gasteiger partial charge on any atom is 0.338 e. The van der Waals surface area contributed by atoms with Crippen LogP contribution < -0.4 is 19.6 Å². The number of allylic oxidation sites excluding steroid dienone is 1. The van der Waals surface area contributed by atoms with Crippen LogP contribution in [0.3, 0.4) is 0 Å². The van der Waals surface area contributed by atoms with Gasteiger partial charge in [0.1, 0.15) is 5.75 Å². The van der Waals surface area contributed by atoms with Gasteiger partial charge in [-0.1, -0.05) is 29.5 Å². The fourth-order valence-electron chi connectivity index (χ4n) is 3.42. The quantitative estimate of drug-likeness (QED) is 0.572. The Kier molecular flexibility index (Phi) is 5.69. The predicted octanol–water partition coefficient (Wildman–Crippen LogP) is 2.87. The number of aromatic nitrogens is 1. The third-order valence-electron chi connectivity index (χ3n) is 4.74. The van der Waals surface area contributed by atoms with Crippen molar-refractivity contribution in [3.05, 3.63) is 83.2 Å². The average molecular weight is 441 g/mol. The number of methoxy groups -OCH3 is 1. The summed E-state index contributed by atoms with van der Waals surface area (Å²) < 4.78 is 12.8. The molecule has 1 atom stereocenters. The largest absolute Gasteiger partial charge is 0.497 e. The van der Waals surface area contributed by atoms with Crippen molar-refractivity contribution in [3.8, 4) is 5.75 Å². The van der Waals surface area contributed by atoms with E-state index in [1.165, 1.54) is 11.3 Å². The van der Waals surface area contributed by atoms with E-state index < -0.39 is 12.0 Å². The molecule has 4 rings (SSSR count). The molecule has 6 nitrogen and oxygen atoms in total. The van der Waals surface area contributed by atoms with E-state index in [0.29, 0.717) is 26.4 Å². The van der Waals surface area contributed by atoms with E-state index in [1.807, 2.05) is 47.9 Å². The Hall–Kier alpha value is -2.97. The van der Waals surface area contributed by atoms with Crippen molar-refractivity contribution < 1.29 is 14.3 Å². The number of thiophene rings is 1. The molecule has 2 aromatic heterocycles. The summed E-state index contributed by atoms with van der Waals surface area (Å²) in [4.78, 5) is 32.3. The summed E-state index contributed by atoms with van der Waals surface area (Å²) >= 11 is 2.88. The molecule has 1 aliphatic heterocycles. The number of rotatable bonds is 5. The van der Waals surface area contributed by atoms with Gasteiger partial charge in [0.2, 0.25) is 0 Å². The number of benzene rings is 1. The van der Waals surface area contributed by atoms with Crippen molar-refractivity contribution in [2.75, 3.05) is 13.7 Å². The number of hydrogen-bond acceptors (Lipinski definition) is 7. The van der Waals surface area contributed by atoms with Gasteiger partial charge in [-0.25, -0.2) is 9.79 Å². The standard InChI is InChI=1S/C22H20N2O4S2/c1-4-28-21(26)18-13(2)23-22-24(19(18)14-7-5-8-15(11-14)27-3)20(25)17(30-22)12-16-9-6-10-29-16/h5-12,19H,4H2,1-3H3. The predicted molar refractivity (Wildman–Crippen MR) is 118 cm³/mol. The highest BCUT2D eigenvalue weighted by molar-refractivity contribution is 7.11. The lowest BCUT2D eigenvalue weighted by molar-refractivity contribution is -0.139. The van der Waals surface area contributed by atoms with E-state index in [1.54, 1.807) is 36.9 Å². The van der Waals surface area contributed by atoms with Crippen molar-refractivity contribution >= 4 is 34.7 Å². The highest BCUT2D eigenvalue weighted by Gasteiger charge is 2.33.